The van der Waals surface area contributed by atoms with E-state index in [4.69, 9.17) is 16.3 Å². The predicted octanol–water partition coefficient (Wildman–Crippen LogP) is 3.49. The summed E-state index contributed by atoms with van der Waals surface area (Å²) >= 11 is 5.85. The molecule has 7 nitrogen and oxygen atoms in total. The predicted molar refractivity (Wildman–Crippen MR) is 118 cm³/mol. The molecule has 1 heterocycles. The fraction of sp³-hybridized carbons (Fsp3) is 0.318. The number of hydrogen-bond donors (Lipinski definition) is 3. The normalized spacial score (nSPS) is 16.1. The van der Waals surface area contributed by atoms with Crippen molar-refractivity contribution in [2.75, 3.05) is 18.5 Å². The zero-order valence-corrected chi connectivity index (χ0v) is 17.8. The van der Waals surface area contributed by atoms with Gasteiger partial charge in [0, 0.05) is 31.3 Å². The first kappa shape index (κ1) is 22.7. The summed E-state index contributed by atoms with van der Waals surface area (Å²) < 4.78 is 19.0. The van der Waals surface area contributed by atoms with Gasteiger partial charge in [-0.15, -0.1) is 0 Å². The topological polar surface area (TPSA) is 91.8 Å². The van der Waals surface area contributed by atoms with Crippen molar-refractivity contribution in [2.45, 2.75) is 32.4 Å². The van der Waals surface area contributed by atoms with Gasteiger partial charge >= 0.3 is 0 Å². The highest BCUT2D eigenvalue weighted by atomic mass is 35.5. The number of halogens is 2. The molecule has 3 rings (SSSR count). The number of ether oxygens (including phenoxy) is 1. The van der Waals surface area contributed by atoms with Crippen molar-refractivity contribution < 1.29 is 18.7 Å². The van der Waals surface area contributed by atoms with Crippen LogP contribution in [0.4, 0.5) is 10.1 Å². The molecular formula is C22H24ClFN4O3. The second kappa shape index (κ2) is 10.9. The maximum Gasteiger partial charge on any atom is 0.257 e. The van der Waals surface area contributed by atoms with Crippen molar-refractivity contribution in [1.29, 1.82) is 0 Å². The number of benzene rings is 2. The summed E-state index contributed by atoms with van der Waals surface area (Å²) in [5.41, 5.74) is 1.79. The molecule has 1 atom stereocenters. The summed E-state index contributed by atoms with van der Waals surface area (Å²) in [6, 6.07) is 11.0. The number of amides is 2. The third-order valence-electron chi connectivity index (χ3n) is 4.65. The Hall–Kier alpha value is -2.97. The van der Waals surface area contributed by atoms with Gasteiger partial charge in [0.2, 0.25) is 11.9 Å². The van der Waals surface area contributed by atoms with Gasteiger partial charge in [-0.25, -0.2) is 9.38 Å². The summed E-state index contributed by atoms with van der Waals surface area (Å²) in [7, 11) is 0. The lowest BCUT2D eigenvalue weighted by Crippen LogP contribution is -2.36. The number of carbonyl (C=O) groups excluding carboxylic acids is 2. The average Bonchev–Trinajstić information content (AvgIpc) is 3.27. The molecular weight excluding hydrogens is 423 g/mol. The number of anilines is 1. The van der Waals surface area contributed by atoms with Gasteiger partial charge in [0.15, 0.2) is 0 Å². The zero-order valence-electron chi connectivity index (χ0n) is 17.1. The van der Waals surface area contributed by atoms with Crippen LogP contribution in [-0.4, -0.2) is 37.0 Å². The Balaban J connectivity index is 1.70. The molecule has 1 aliphatic heterocycles. The molecule has 164 valence electrons. The number of nitrogens with zero attached hydrogens (tertiary/aromatic N) is 1. The van der Waals surface area contributed by atoms with Crippen LogP contribution in [0.5, 0.6) is 0 Å². The second-order valence-corrected chi connectivity index (χ2v) is 7.55. The van der Waals surface area contributed by atoms with Crippen LogP contribution in [0.2, 0.25) is 5.02 Å². The Kier molecular flexibility index (Phi) is 7.97. The van der Waals surface area contributed by atoms with E-state index >= 15 is 0 Å². The third-order valence-corrected chi connectivity index (χ3v) is 4.94. The van der Waals surface area contributed by atoms with E-state index in [1.807, 2.05) is 0 Å². The minimum absolute atomic E-state index is 0.00133. The Labute approximate surface area is 185 Å². The summed E-state index contributed by atoms with van der Waals surface area (Å²) in [4.78, 5) is 28.2. The second-order valence-electron chi connectivity index (χ2n) is 7.14. The van der Waals surface area contributed by atoms with Crippen LogP contribution >= 0.6 is 11.6 Å². The van der Waals surface area contributed by atoms with Gasteiger partial charge in [0.25, 0.3) is 5.91 Å². The largest absolute Gasteiger partial charge is 0.376 e. The fourth-order valence-electron chi connectivity index (χ4n) is 2.98. The Morgan fingerprint density at radius 1 is 1.23 bits per heavy atom. The lowest BCUT2D eigenvalue weighted by Gasteiger charge is -2.14. The highest BCUT2D eigenvalue weighted by molar-refractivity contribution is 6.31. The van der Waals surface area contributed by atoms with Gasteiger partial charge in [0.1, 0.15) is 5.82 Å². The molecule has 0 bridgehead atoms. The minimum atomic E-state index is -0.534. The summed E-state index contributed by atoms with van der Waals surface area (Å²) in [6.45, 7) is 2.92. The third kappa shape index (κ3) is 7.04. The highest BCUT2D eigenvalue weighted by Gasteiger charge is 2.16. The summed E-state index contributed by atoms with van der Waals surface area (Å²) in [5.74, 6) is -0.808. The maximum atomic E-state index is 13.5. The van der Waals surface area contributed by atoms with Gasteiger partial charge in [-0.2, -0.15) is 0 Å². The molecule has 1 fully saturated rings. The van der Waals surface area contributed by atoms with E-state index in [1.54, 1.807) is 24.3 Å². The zero-order chi connectivity index (χ0) is 22.2. The van der Waals surface area contributed by atoms with Gasteiger partial charge in [-0.3, -0.25) is 14.9 Å². The molecule has 3 N–H and O–H groups in total. The van der Waals surface area contributed by atoms with E-state index in [-0.39, 0.29) is 28.9 Å². The molecule has 0 saturated carbocycles. The number of nitrogens with one attached hydrogen (secondary N) is 3. The molecule has 1 saturated heterocycles. The lowest BCUT2D eigenvalue weighted by atomic mass is 10.1. The number of carbonyl (C=O) groups is 2. The first-order valence-electron chi connectivity index (χ1n) is 9.93. The van der Waals surface area contributed by atoms with E-state index < -0.39 is 5.82 Å². The van der Waals surface area contributed by atoms with Crippen molar-refractivity contribution in [3.05, 3.63) is 64.4 Å². The monoisotopic (exact) mass is 446 g/mol. The first-order valence-corrected chi connectivity index (χ1v) is 10.3. The molecule has 0 aromatic heterocycles. The van der Waals surface area contributed by atoms with Gasteiger partial charge < -0.3 is 15.4 Å². The van der Waals surface area contributed by atoms with Crippen LogP contribution in [0.3, 0.4) is 0 Å². The van der Waals surface area contributed by atoms with E-state index in [0.29, 0.717) is 30.9 Å². The van der Waals surface area contributed by atoms with Crippen molar-refractivity contribution in [2.24, 2.45) is 4.99 Å². The first-order chi connectivity index (χ1) is 14.9. The minimum Gasteiger partial charge on any atom is -0.376 e. The van der Waals surface area contributed by atoms with E-state index in [1.165, 1.54) is 25.1 Å². The molecule has 2 aromatic carbocycles. The van der Waals surface area contributed by atoms with Crippen molar-refractivity contribution in [3.63, 3.8) is 0 Å². The van der Waals surface area contributed by atoms with Crippen LogP contribution in [-0.2, 0) is 16.1 Å². The van der Waals surface area contributed by atoms with Crippen LogP contribution < -0.4 is 16.0 Å². The van der Waals surface area contributed by atoms with Crippen LogP contribution in [0, 0.1) is 5.82 Å². The van der Waals surface area contributed by atoms with E-state index in [9.17, 15) is 14.0 Å². The van der Waals surface area contributed by atoms with Crippen molar-refractivity contribution in [3.8, 4) is 0 Å². The Morgan fingerprint density at radius 2 is 2.00 bits per heavy atom. The van der Waals surface area contributed by atoms with Crippen molar-refractivity contribution >= 4 is 35.1 Å². The Morgan fingerprint density at radius 3 is 2.65 bits per heavy atom. The Bertz CT molecular complexity index is 960. The molecule has 9 heteroatoms. The highest BCUT2D eigenvalue weighted by Crippen LogP contribution is 2.19. The van der Waals surface area contributed by atoms with E-state index in [0.717, 1.165) is 18.4 Å². The fourth-order valence-corrected chi connectivity index (χ4v) is 3.16. The average molecular weight is 447 g/mol. The smallest absolute Gasteiger partial charge is 0.257 e. The molecule has 0 spiro atoms. The molecule has 0 radical (unpaired) electrons. The summed E-state index contributed by atoms with van der Waals surface area (Å²) in [6.07, 6.45) is 1.88. The van der Waals surface area contributed by atoms with Crippen LogP contribution in [0.25, 0.3) is 0 Å². The van der Waals surface area contributed by atoms with E-state index in [2.05, 4.69) is 20.9 Å². The standard InChI is InChI=1S/C22H24ClFN4O3/c1-14(29)25-12-15-4-6-16(7-5-15)21(30)28-22(26-13-18-3-2-10-31-18)27-17-8-9-20(24)19(23)11-17/h4-9,11,18H,2-3,10,12-13H2,1H3,(H,25,29)(H2,26,27,28,30)/t18-/m0/s1. The van der Waals surface area contributed by atoms with Gasteiger partial charge in [0.05, 0.1) is 17.7 Å². The SMILES string of the molecule is CC(=O)NCc1ccc(C(=O)NC(=NC[C@@H]2CCCO2)Nc2ccc(F)c(Cl)c2)cc1. The number of aliphatic imine (C=N–C) groups is 1. The van der Waals surface area contributed by atoms with Crippen LogP contribution in [0.1, 0.15) is 35.7 Å². The van der Waals surface area contributed by atoms with Crippen LogP contribution in [0.15, 0.2) is 47.5 Å². The summed E-state index contributed by atoms with van der Waals surface area (Å²) in [5, 5.41) is 8.39. The molecule has 2 aromatic rings. The van der Waals surface area contributed by atoms with Gasteiger partial charge in [-0.05, 0) is 48.7 Å². The molecule has 0 unspecified atom stereocenters. The quantitative estimate of drug-likeness (QED) is 0.468. The molecule has 1 aliphatic rings. The van der Waals surface area contributed by atoms with Gasteiger partial charge in [-0.1, -0.05) is 23.7 Å². The number of hydrogen-bond acceptors (Lipinski definition) is 4. The molecule has 31 heavy (non-hydrogen) atoms. The maximum absolute atomic E-state index is 13.5. The number of rotatable bonds is 6. The number of guanidine groups is 1. The molecule has 0 aliphatic carbocycles. The van der Waals surface area contributed by atoms with Crippen molar-refractivity contribution in [1.82, 2.24) is 10.6 Å². The lowest BCUT2D eigenvalue weighted by molar-refractivity contribution is -0.119. The molecule has 2 amide bonds.